The highest BCUT2D eigenvalue weighted by Gasteiger charge is 2.27. The van der Waals surface area contributed by atoms with Gasteiger partial charge in [-0.2, -0.15) is 0 Å². The minimum absolute atomic E-state index is 0.138. The third-order valence-electron chi connectivity index (χ3n) is 6.29. The van der Waals surface area contributed by atoms with Crippen LogP contribution in [0.4, 0.5) is 9.59 Å². The molecule has 2 rings (SSSR count). The Kier molecular flexibility index (Phi) is 10.7. The summed E-state index contributed by atoms with van der Waals surface area (Å²) < 4.78 is 0. The van der Waals surface area contributed by atoms with Gasteiger partial charge < -0.3 is 29.4 Å². The minimum atomic E-state index is 0.138. The molecule has 30 heavy (non-hydrogen) atoms. The first kappa shape index (κ1) is 24.7. The number of hydrogen-bond donors (Lipinski definition) is 0. The van der Waals surface area contributed by atoms with Crippen LogP contribution in [0.3, 0.4) is 0 Å². The van der Waals surface area contributed by atoms with Gasteiger partial charge in [0.15, 0.2) is 0 Å². The molecule has 8 heteroatoms. The van der Waals surface area contributed by atoms with Gasteiger partial charge in [0.2, 0.25) is 0 Å². The van der Waals surface area contributed by atoms with Crippen LogP contribution in [0.5, 0.6) is 0 Å². The number of unbranched alkanes of at least 4 members (excludes halogenated alkanes) is 2. The molecule has 0 N–H and O–H groups in total. The van der Waals surface area contributed by atoms with Crippen LogP contribution in [0.15, 0.2) is 0 Å². The van der Waals surface area contributed by atoms with Gasteiger partial charge in [-0.15, -0.1) is 0 Å². The van der Waals surface area contributed by atoms with Gasteiger partial charge >= 0.3 is 12.1 Å². The van der Waals surface area contributed by atoms with Crippen molar-refractivity contribution in [3.05, 3.63) is 0 Å². The number of piperazine rings is 2. The Bertz CT molecular complexity index is 470. The van der Waals surface area contributed by atoms with Crippen molar-refractivity contribution in [3.63, 3.8) is 0 Å². The Morgan fingerprint density at radius 2 is 0.933 bits per heavy atom. The maximum absolute atomic E-state index is 13.2. The van der Waals surface area contributed by atoms with Crippen molar-refractivity contribution in [1.82, 2.24) is 29.4 Å². The molecule has 0 saturated carbocycles. The number of rotatable bonds is 9. The molecule has 0 bridgehead atoms. The molecule has 0 unspecified atom stereocenters. The molecule has 8 nitrogen and oxygen atoms in total. The highest BCUT2D eigenvalue weighted by atomic mass is 16.2. The zero-order chi connectivity index (χ0) is 21.9. The van der Waals surface area contributed by atoms with E-state index < -0.39 is 0 Å². The van der Waals surface area contributed by atoms with E-state index in [0.29, 0.717) is 13.1 Å². The summed E-state index contributed by atoms with van der Waals surface area (Å²) in [4.78, 5) is 38.8. The summed E-state index contributed by atoms with van der Waals surface area (Å²) in [7, 11) is 4.21. The number of hydrogen-bond acceptors (Lipinski definition) is 4. The molecule has 2 fully saturated rings. The fourth-order valence-corrected chi connectivity index (χ4v) is 3.94. The zero-order valence-electron chi connectivity index (χ0n) is 19.8. The normalized spacial score (nSPS) is 18.5. The monoisotopic (exact) mass is 424 g/mol. The van der Waals surface area contributed by atoms with Crippen molar-refractivity contribution in [2.75, 3.05) is 92.6 Å². The Hall–Kier alpha value is -1.54. The minimum Gasteiger partial charge on any atom is -0.323 e. The zero-order valence-corrected chi connectivity index (χ0v) is 19.8. The molecule has 0 aromatic rings. The molecule has 2 saturated heterocycles. The van der Waals surface area contributed by atoms with Crippen LogP contribution in [0.1, 0.15) is 39.5 Å². The fourth-order valence-electron chi connectivity index (χ4n) is 3.94. The van der Waals surface area contributed by atoms with Gasteiger partial charge in [-0.25, -0.2) is 9.59 Å². The lowest BCUT2D eigenvalue weighted by atomic mass is 10.2. The summed E-state index contributed by atoms with van der Waals surface area (Å²) in [6.07, 6.45) is 4.13. The Labute approximate surface area is 183 Å². The topological polar surface area (TPSA) is 53.6 Å². The summed E-state index contributed by atoms with van der Waals surface area (Å²) in [6, 6.07) is 0.276. The van der Waals surface area contributed by atoms with E-state index >= 15 is 0 Å². The van der Waals surface area contributed by atoms with Crippen molar-refractivity contribution in [2.45, 2.75) is 39.5 Å². The first-order valence-electron chi connectivity index (χ1n) is 11.9. The number of likely N-dealkylation sites (N-methyl/N-ethyl adjacent to an activating group) is 2. The average molecular weight is 425 g/mol. The predicted octanol–water partition coefficient (Wildman–Crippen LogP) is 1.93. The Morgan fingerprint density at radius 1 is 0.600 bits per heavy atom. The smallest absolute Gasteiger partial charge is 0.320 e. The lowest BCUT2D eigenvalue weighted by Crippen LogP contribution is -2.55. The summed E-state index contributed by atoms with van der Waals surface area (Å²) >= 11 is 0. The molecule has 0 aliphatic carbocycles. The van der Waals surface area contributed by atoms with Crippen molar-refractivity contribution in [3.8, 4) is 0 Å². The van der Waals surface area contributed by atoms with Gasteiger partial charge in [-0.1, -0.05) is 26.7 Å². The van der Waals surface area contributed by atoms with Gasteiger partial charge in [-0.3, -0.25) is 0 Å². The summed E-state index contributed by atoms with van der Waals surface area (Å²) in [5, 5.41) is 0. The summed E-state index contributed by atoms with van der Waals surface area (Å²) in [5.74, 6) is 0. The molecule has 174 valence electrons. The molecule has 0 aromatic heterocycles. The third-order valence-corrected chi connectivity index (χ3v) is 6.29. The highest BCUT2D eigenvalue weighted by molar-refractivity contribution is 5.76. The first-order valence-corrected chi connectivity index (χ1v) is 11.9. The van der Waals surface area contributed by atoms with Crippen LogP contribution in [-0.4, -0.2) is 134 Å². The fraction of sp³-hybridized carbons (Fsp3) is 0.909. The predicted molar refractivity (Wildman–Crippen MR) is 122 cm³/mol. The second kappa shape index (κ2) is 13.0. The van der Waals surface area contributed by atoms with Crippen LogP contribution in [0.2, 0.25) is 0 Å². The van der Waals surface area contributed by atoms with E-state index in [1.54, 1.807) is 0 Å². The van der Waals surface area contributed by atoms with E-state index in [-0.39, 0.29) is 12.1 Å². The molecular formula is C22H44N6O2. The summed E-state index contributed by atoms with van der Waals surface area (Å²) in [5.41, 5.74) is 0. The second-order valence-corrected chi connectivity index (χ2v) is 8.83. The third kappa shape index (κ3) is 7.61. The van der Waals surface area contributed by atoms with Gasteiger partial charge in [-0.05, 0) is 26.9 Å². The molecule has 4 amide bonds. The maximum Gasteiger partial charge on any atom is 0.320 e. The van der Waals surface area contributed by atoms with Crippen molar-refractivity contribution in [2.24, 2.45) is 0 Å². The molecule has 0 spiro atoms. The average Bonchev–Trinajstić information content (AvgIpc) is 2.76. The number of amides is 4. The quantitative estimate of drug-likeness (QED) is 0.568. The van der Waals surface area contributed by atoms with Crippen molar-refractivity contribution >= 4 is 12.1 Å². The molecule has 0 radical (unpaired) electrons. The molecule has 0 atom stereocenters. The van der Waals surface area contributed by atoms with Crippen LogP contribution >= 0.6 is 0 Å². The number of nitrogens with zero attached hydrogens (tertiary/aromatic N) is 6. The molecule has 2 heterocycles. The van der Waals surface area contributed by atoms with E-state index in [9.17, 15) is 9.59 Å². The molecular weight excluding hydrogens is 380 g/mol. The van der Waals surface area contributed by atoms with Crippen molar-refractivity contribution in [1.29, 1.82) is 0 Å². The van der Waals surface area contributed by atoms with E-state index in [1.807, 2.05) is 19.6 Å². The van der Waals surface area contributed by atoms with E-state index in [1.165, 1.54) is 0 Å². The standard InChI is InChI=1S/C22H44N6O2/c1-5-7-9-25(21(29)27-15-11-23(3)12-16-27)19-20-26(10-8-6-2)22(30)28-17-13-24(4)14-18-28/h5-20H2,1-4H3. The van der Waals surface area contributed by atoms with E-state index in [4.69, 9.17) is 0 Å². The van der Waals surface area contributed by atoms with E-state index in [2.05, 4.69) is 37.7 Å². The second-order valence-electron chi connectivity index (χ2n) is 8.83. The lowest BCUT2D eigenvalue weighted by Gasteiger charge is -2.38. The molecule has 2 aliphatic rings. The van der Waals surface area contributed by atoms with Crippen LogP contribution in [0.25, 0.3) is 0 Å². The molecule has 0 aromatic carbocycles. The van der Waals surface area contributed by atoms with Gasteiger partial charge in [0.25, 0.3) is 0 Å². The number of carbonyl (C=O) groups excluding carboxylic acids is 2. The number of urea groups is 2. The SMILES string of the molecule is CCCCN(CCN(CCCC)C(=O)N1CCN(C)CC1)C(=O)N1CCN(C)CC1. The largest absolute Gasteiger partial charge is 0.323 e. The van der Waals surface area contributed by atoms with Crippen molar-refractivity contribution < 1.29 is 9.59 Å². The first-order chi connectivity index (χ1) is 14.5. The van der Waals surface area contributed by atoms with Gasteiger partial charge in [0, 0.05) is 78.5 Å². The maximum atomic E-state index is 13.2. The van der Waals surface area contributed by atoms with Crippen LogP contribution < -0.4 is 0 Å². The lowest BCUT2D eigenvalue weighted by molar-refractivity contribution is 0.106. The Balaban J connectivity index is 1.96. The summed E-state index contributed by atoms with van der Waals surface area (Å²) in [6.45, 7) is 14.0. The van der Waals surface area contributed by atoms with Gasteiger partial charge in [0.1, 0.15) is 0 Å². The number of carbonyl (C=O) groups is 2. The van der Waals surface area contributed by atoms with Crippen LogP contribution in [-0.2, 0) is 0 Å². The molecule has 2 aliphatic heterocycles. The van der Waals surface area contributed by atoms with Crippen LogP contribution in [0, 0.1) is 0 Å². The van der Waals surface area contributed by atoms with E-state index in [0.717, 1.165) is 91.1 Å². The van der Waals surface area contributed by atoms with Gasteiger partial charge in [0.05, 0.1) is 0 Å². The Morgan fingerprint density at radius 3 is 1.23 bits per heavy atom. The highest BCUT2D eigenvalue weighted by Crippen LogP contribution is 2.10.